The monoisotopic (exact) mass is 231 g/mol. The maximum Gasteiger partial charge on any atom is 0.332 e. The van der Waals surface area contributed by atoms with Crippen LogP contribution in [0.1, 0.15) is 20.8 Å². The van der Waals surface area contributed by atoms with Crippen LogP contribution in [-0.4, -0.2) is 39.1 Å². The van der Waals surface area contributed by atoms with Gasteiger partial charge in [-0.2, -0.15) is 0 Å². The number of methoxy groups -OCH3 is 1. The largest absolute Gasteiger partial charge is 0.466 e. The zero-order valence-electron chi connectivity index (χ0n) is 10.4. The Hall–Kier alpha value is -1.07. The average Bonchev–Trinajstić information content (AvgIpc) is 2.26. The highest BCUT2D eigenvalue weighted by molar-refractivity contribution is 5.82. The van der Waals surface area contributed by atoms with E-state index in [9.17, 15) is 4.79 Å². The average molecular weight is 231 g/mol. The number of esters is 1. The molecule has 0 aliphatic heterocycles. The first-order valence-electron chi connectivity index (χ1n) is 5.37. The minimum Gasteiger partial charge on any atom is -0.466 e. The summed E-state index contributed by atoms with van der Waals surface area (Å²) in [7, 11) is 1.34. The molecule has 0 radical (unpaired) electrons. The Morgan fingerprint density at radius 1 is 1.31 bits per heavy atom. The Kier molecular flexibility index (Phi) is 8.56. The molecule has 0 unspecified atom stereocenters. The Bertz CT molecular complexity index is 222. The fourth-order valence-electron chi connectivity index (χ4n) is 1.07. The summed E-state index contributed by atoms with van der Waals surface area (Å²) in [5.41, 5.74) is 0.719. The number of allylic oxidation sites excluding steroid dienone is 1. The van der Waals surface area contributed by atoms with Crippen LogP contribution in [0.4, 0.5) is 0 Å². The summed E-state index contributed by atoms with van der Waals surface area (Å²) in [6, 6.07) is 0. The van der Waals surface area contributed by atoms with Gasteiger partial charge in [-0.3, -0.25) is 0 Å². The lowest BCUT2D eigenvalue weighted by atomic mass is 10.4. The van der Waals surface area contributed by atoms with Crippen molar-refractivity contribution >= 4 is 5.97 Å². The molecule has 0 aromatic rings. The molecular weight excluding hydrogens is 210 g/mol. The number of carbonyl (C=O) groups excluding carboxylic acids is 1. The number of nitrogens with one attached hydrogen (secondary N) is 1. The van der Waals surface area contributed by atoms with E-state index in [2.05, 4.69) is 10.1 Å². The Morgan fingerprint density at radius 3 is 2.31 bits per heavy atom. The van der Waals surface area contributed by atoms with Gasteiger partial charge in [-0.1, -0.05) is 0 Å². The van der Waals surface area contributed by atoms with Gasteiger partial charge in [0.05, 0.1) is 13.7 Å². The molecule has 0 aliphatic rings. The van der Waals surface area contributed by atoms with Crippen molar-refractivity contribution in [2.24, 2.45) is 0 Å². The predicted molar refractivity (Wildman–Crippen MR) is 60.8 cm³/mol. The van der Waals surface area contributed by atoms with E-state index in [1.165, 1.54) is 13.2 Å². The van der Waals surface area contributed by atoms with Crippen molar-refractivity contribution in [1.29, 1.82) is 0 Å². The number of hydrogen-bond acceptors (Lipinski definition) is 5. The Balaban J connectivity index is 3.98. The molecule has 1 N–H and O–H groups in total. The minimum absolute atomic E-state index is 0.295. The summed E-state index contributed by atoms with van der Waals surface area (Å²) in [5.74, 6) is -0.380. The lowest BCUT2D eigenvalue weighted by molar-refractivity contribution is -0.135. The van der Waals surface area contributed by atoms with E-state index in [4.69, 9.17) is 9.47 Å². The number of hydrogen-bond donors (Lipinski definition) is 1. The summed E-state index contributed by atoms with van der Waals surface area (Å²) < 4.78 is 15.2. The van der Waals surface area contributed by atoms with Crippen LogP contribution in [-0.2, 0) is 19.0 Å². The molecule has 94 valence electrons. The van der Waals surface area contributed by atoms with Gasteiger partial charge in [-0.25, -0.2) is 4.79 Å². The summed E-state index contributed by atoms with van der Waals surface area (Å²) in [5, 5.41) is 3.03. The fraction of sp³-hybridized carbons (Fsp3) is 0.727. The highest BCUT2D eigenvalue weighted by atomic mass is 16.7. The van der Waals surface area contributed by atoms with Gasteiger partial charge in [0.25, 0.3) is 0 Å². The molecule has 0 saturated heterocycles. The number of carbonyl (C=O) groups is 1. The van der Waals surface area contributed by atoms with Gasteiger partial charge in [-0.05, 0) is 20.8 Å². The topological polar surface area (TPSA) is 56.8 Å². The standard InChI is InChI=1S/C11H21NO4/c1-5-15-11(16-6-2)8-12-9(3)7-10(13)14-4/h7,11-12H,5-6,8H2,1-4H3. The van der Waals surface area contributed by atoms with Gasteiger partial charge in [0.1, 0.15) is 0 Å². The third-order valence-electron chi connectivity index (χ3n) is 1.79. The third kappa shape index (κ3) is 7.25. The molecular formula is C11H21NO4. The van der Waals surface area contributed by atoms with Gasteiger partial charge in [0.15, 0.2) is 6.29 Å². The Labute approximate surface area is 96.8 Å². The second kappa shape index (κ2) is 9.18. The van der Waals surface area contributed by atoms with Crippen LogP contribution in [0.3, 0.4) is 0 Å². The second-order valence-electron chi connectivity index (χ2n) is 3.07. The van der Waals surface area contributed by atoms with E-state index in [0.29, 0.717) is 19.8 Å². The lowest BCUT2D eigenvalue weighted by Crippen LogP contribution is -2.31. The first kappa shape index (κ1) is 14.9. The molecule has 5 heteroatoms. The normalized spacial score (nSPS) is 11.7. The molecule has 0 saturated carbocycles. The summed E-state index contributed by atoms with van der Waals surface area (Å²) >= 11 is 0. The molecule has 0 rings (SSSR count). The van der Waals surface area contributed by atoms with Gasteiger partial charge in [0.2, 0.25) is 0 Å². The van der Waals surface area contributed by atoms with Crippen molar-refractivity contribution < 1.29 is 19.0 Å². The predicted octanol–water partition coefficient (Wildman–Crippen LogP) is 1.05. The van der Waals surface area contributed by atoms with Gasteiger partial charge >= 0.3 is 5.97 Å². The molecule has 16 heavy (non-hydrogen) atoms. The maximum atomic E-state index is 10.9. The summed E-state index contributed by atoms with van der Waals surface area (Å²) in [6.45, 7) is 7.28. The summed E-state index contributed by atoms with van der Waals surface area (Å²) in [4.78, 5) is 10.9. The first-order chi connectivity index (χ1) is 7.63. The quantitative estimate of drug-likeness (QED) is 0.384. The van der Waals surface area contributed by atoms with Crippen molar-refractivity contribution in [3.8, 4) is 0 Å². The molecule has 5 nitrogen and oxygen atoms in total. The van der Waals surface area contributed by atoms with Crippen molar-refractivity contribution in [1.82, 2.24) is 5.32 Å². The van der Waals surface area contributed by atoms with Crippen LogP contribution in [0, 0.1) is 0 Å². The van der Waals surface area contributed by atoms with Crippen molar-refractivity contribution in [2.45, 2.75) is 27.1 Å². The van der Waals surface area contributed by atoms with Crippen molar-refractivity contribution in [3.63, 3.8) is 0 Å². The Morgan fingerprint density at radius 2 is 1.88 bits per heavy atom. The van der Waals surface area contributed by atoms with Crippen molar-refractivity contribution in [3.05, 3.63) is 11.8 Å². The number of rotatable bonds is 8. The lowest BCUT2D eigenvalue weighted by Gasteiger charge is -2.18. The summed E-state index contributed by atoms with van der Waals surface area (Å²) in [6.07, 6.45) is 1.09. The number of ether oxygens (including phenoxy) is 3. The smallest absolute Gasteiger partial charge is 0.332 e. The van der Waals surface area contributed by atoms with Crippen LogP contribution in [0.5, 0.6) is 0 Å². The van der Waals surface area contributed by atoms with Crippen LogP contribution in [0.15, 0.2) is 11.8 Å². The van der Waals surface area contributed by atoms with E-state index in [-0.39, 0.29) is 12.3 Å². The molecule has 0 amide bonds. The van der Waals surface area contributed by atoms with Gasteiger partial charge in [-0.15, -0.1) is 0 Å². The van der Waals surface area contributed by atoms with E-state index < -0.39 is 0 Å². The van der Waals surface area contributed by atoms with E-state index in [1.54, 1.807) is 6.92 Å². The first-order valence-corrected chi connectivity index (χ1v) is 5.37. The molecule has 0 spiro atoms. The second-order valence-corrected chi connectivity index (χ2v) is 3.07. The van der Waals surface area contributed by atoms with E-state index in [0.717, 1.165) is 5.70 Å². The van der Waals surface area contributed by atoms with Gasteiger partial charge < -0.3 is 19.5 Å². The van der Waals surface area contributed by atoms with Crippen LogP contribution in [0.2, 0.25) is 0 Å². The molecule has 0 fully saturated rings. The zero-order valence-corrected chi connectivity index (χ0v) is 10.4. The van der Waals surface area contributed by atoms with E-state index >= 15 is 0 Å². The molecule has 0 atom stereocenters. The molecule has 0 aromatic heterocycles. The van der Waals surface area contributed by atoms with Crippen LogP contribution >= 0.6 is 0 Å². The molecule has 0 heterocycles. The van der Waals surface area contributed by atoms with Crippen LogP contribution < -0.4 is 5.32 Å². The third-order valence-corrected chi connectivity index (χ3v) is 1.79. The molecule has 0 aliphatic carbocycles. The molecule has 0 bridgehead atoms. The zero-order chi connectivity index (χ0) is 12.4. The maximum absolute atomic E-state index is 10.9. The highest BCUT2D eigenvalue weighted by Crippen LogP contribution is 1.96. The van der Waals surface area contributed by atoms with Crippen LogP contribution in [0.25, 0.3) is 0 Å². The highest BCUT2D eigenvalue weighted by Gasteiger charge is 2.07. The fourth-order valence-corrected chi connectivity index (χ4v) is 1.07. The molecule has 0 aromatic carbocycles. The van der Waals surface area contributed by atoms with E-state index in [1.807, 2.05) is 13.8 Å². The van der Waals surface area contributed by atoms with Crippen molar-refractivity contribution in [2.75, 3.05) is 26.9 Å². The van der Waals surface area contributed by atoms with Gasteiger partial charge in [0, 0.05) is 25.0 Å². The minimum atomic E-state index is -0.380. The SMILES string of the molecule is CCOC(CNC(C)=CC(=O)OC)OCC.